The number of hydrogen-bond acceptors (Lipinski definition) is 9. The highest BCUT2D eigenvalue weighted by Gasteiger charge is 2.83. The van der Waals surface area contributed by atoms with E-state index in [1.54, 1.807) is 6.08 Å². The summed E-state index contributed by atoms with van der Waals surface area (Å²) in [5.74, 6) is 4.83. The largest absolute Gasteiger partial charge is 0.454 e. The fourth-order valence-electron chi connectivity index (χ4n) is 16.3. The lowest BCUT2D eigenvalue weighted by atomic mass is 9.35. The Morgan fingerprint density at radius 1 is 1.05 bits per heavy atom. The van der Waals surface area contributed by atoms with E-state index in [-0.39, 0.29) is 54.6 Å². The molecule has 59 heavy (non-hydrogen) atoms. The summed E-state index contributed by atoms with van der Waals surface area (Å²) in [6.07, 6.45) is 11.3. The van der Waals surface area contributed by atoms with Crippen LogP contribution in [0.15, 0.2) is 29.8 Å². The van der Waals surface area contributed by atoms with Crippen LogP contribution >= 0.6 is 0 Å². The second-order valence-electron chi connectivity index (χ2n) is 21.1. The van der Waals surface area contributed by atoms with Crippen molar-refractivity contribution >= 4 is 12.3 Å². The van der Waals surface area contributed by atoms with E-state index in [4.69, 9.17) is 4.74 Å². The van der Waals surface area contributed by atoms with Crippen molar-refractivity contribution in [1.82, 2.24) is 5.32 Å². The molecule has 322 valence electrons. The third-order valence-corrected chi connectivity index (χ3v) is 18.8. The van der Waals surface area contributed by atoms with Crippen molar-refractivity contribution in [2.45, 2.75) is 165 Å². The summed E-state index contributed by atoms with van der Waals surface area (Å²) in [5, 5.41) is 68.2. The Labute approximate surface area is 351 Å². The Hall–Kier alpha value is -2.58. The smallest absolute Gasteiger partial charge is 0.331 e. The topological polar surface area (TPSA) is 157 Å². The second kappa shape index (κ2) is 15.1. The summed E-state index contributed by atoms with van der Waals surface area (Å²) in [5.41, 5.74) is -3.46. The van der Waals surface area contributed by atoms with E-state index in [1.807, 2.05) is 25.2 Å². The summed E-state index contributed by atoms with van der Waals surface area (Å²) in [6.45, 7) is 6.48. The fraction of sp³-hybridized carbons (Fsp3) is 0.760. The van der Waals surface area contributed by atoms with Crippen LogP contribution in [-0.4, -0.2) is 79.9 Å². The number of carbonyl (C=O) groups is 2. The lowest BCUT2D eigenvalue weighted by molar-refractivity contribution is -0.348. The molecule has 1 aromatic carbocycles. The summed E-state index contributed by atoms with van der Waals surface area (Å²) in [4.78, 5) is 27.8. The number of nitrogens with one attached hydrogen (secondary N) is 1. The van der Waals surface area contributed by atoms with E-state index in [1.165, 1.54) is 0 Å². The Balaban J connectivity index is 1.22. The number of aliphatic hydroxyl groups is 5. The van der Waals surface area contributed by atoms with Gasteiger partial charge in [0.25, 0.3) is 0 Å². The third-order valence-electron chi connectivity index (χ3n) is 18.8. The van der Waals surface area contributed by atoms with Crippen LogP contribution in [-0.2, 0) is 27.4 Å². The molecule has 1 spiro atoms. The number of esters is 1. The molecule has 9 rings (SSSR count). The Morgan fingerprint density at radius 2 is 1.86 bits per heavy atom. The van der Waals surface area contributed by atoms with E-state index >= 15 is 0 Å². The molecule has 4 bridgehead atoms. The van der Waals surface area contributed by atoms with Crippen LogP contribution in [0.1, 0.15) is 134 Å². The number of aldehydes is 1. The molecule has 6 N–H and O–H groups in total. The molecule has 9 nitrogen and oxygen atoms in total. The molecular weight excluding hydrogens is 743 g/mol. The van der Waals surface area contributed by atoms with Crippen LogP contribution in [0.3, 0.4) is 0 Å². The van der Waals surface area contributed by atoms with Crippen LogP contribution in [0.25, 0.3) is 0 Å². The predicted octanol–water partition coefficient (Wildman–Crippen LogP) is 5.79. The molecule has 6 saturated carbocycles. The number of rotatable bonds is 8. The number of fused-ring (bicyclic) bond motifs is 7. The minimum absolute atomic E-state index is 0.0739. The van der Waals surface area contributed by atoms with E-state index in [9.17, 15) is 35.1 Å². The van der Waals surface area contributed by atoms with E-state index < -0.39 is 57.6 Å². The van der Waals surface area contributed by atoms with Gasteiger partial charge < -0.3 is 40.4 Å². The maximum Gasteiger partial charge on any atom is 0.331 e. The zero-order valence-electron chi connectivity index (χ0n) is 35.8. The number of ether oxygens (including phenoxy) is 1. The molecule has 7 aliphatic carbocycles. The standard InChI is InChI=1S/C50H69NO8/c1-5-6-7-12-32-24-47(28-53)41-17-19-46-18-9-8-11-30-13-10-14-33(27-52)36(30)22-40(51-4)37-21-34(43(46)38-23-42(54)59-45(37)38)25-49(46,57)48(41,56)26-35-20-31(29(2)3)15-16-39(44(32)55)50(35,47)58/h10,13-14,23,28-29,31-32,34-35,37,39-41,43-45,51-52,55-58H,5-7,9,12,15-22,24-27H2,1-4H3. The molecule has 16 atom stereocenters. The summed E-state index contributed by atoms with van der Waals surface area (Å²) >= 11 is 0. The molecule has 0 amide bonds. The average molecular weight is 812 g/mol. The van der Waals surface area contributed by atoms with Crippen molar-refractivity contribution in [3.8, 4) is 11.8 Å². The number of likely N-dealkylation sites (N-methyl/N-ethyl adjacent to an activating group) is 1. The van der Waals surface area contributed by atoms with Crippen molar-refractivity contribution in [1.29, 1.82) is 0 Å². The lowest BCUT2D eigenvalue weighted by Crippen LogP contribution is -2.81. The first kappa shape index (κ1) is 41.8. The number of hydrogen-bond donors (Lipinski definition) is 6. The highest BCUT2D eigenvalue weighted by atomic mass is 16.5. The van der Waals surface area contributed by atoms with Crippen molar-refractivity contribution < 1.29 is 39.9 Å². The molecule has 16 unspecified atom stereocenters. The van der Waals surface area contributed by atoms with Crippen LogP contribution in [0.4, 0.5) is 0 Å². The van der Waals surface area contributed by atoms with Crippen molar-refractivity contribution in [2.75, 3.05) is 7.05 Å². The molecule has 0 radical (unpaired) electrons. The zero-order valence-corrected chi connectivity index (χ0v) is 35.8. The number of aliphatic hydroxyl groups excluding tert-OH is 2. The zero-order chi connectivity index (χ0) is 41.7. The van der Waals surface area contributed by atoms with Crippen molar-refractivity contribution in [3.05, 3.63) is 46.5 Å². The van der Waals surface area contributed by atoms with E-state index in [0.717, 1.165) is 60.7 Å². The number of unbranched alkanes of at least 4 members (excludes halogenated alkanes) is 2. The maximum absolute atomic E-state index is 14.4. The number of carbonyl (C=O) groups excluding carboxylic acids is 2. The third kappa shape index (κ3) is 5.71. The molecule has 8 aliphatic rings. The molecule has 0 saturated heterocycles. The minimum atomic E-state index is -1.71. The van der Waals surface area contributed by atoms with Crippen LogP contribution in [0, 0.1) is 75.9 Å². The minimum Gasteiger partial charge on any atom is -0.454 e. The Bertz CT molecular complexity index is 1920. The van der Waals surface area contributed by atoms with Crippen LogP contribution < -0.4 is 5.32 Å². The highest BCUT2D eigenvalue weighted by Crippen LogP contribution is 2.77. The van der Waals surface area contributed by atoms with Crippen molar-refractivity contribution in [2.24, 2.45) is 64.1 Å². The van der Waals surface area contributed by atoms with Crippen LogP contribution in [0.2, 0.25) is 0 Å². The summed E-state index contributed by atoms with van der Waals surface area (Å²) in [6, 6.07) is 5.75. The van der Waals surface area contributed by atoms with Gasteiger partial charge in [0.05, 0.1) is 29.3 Å². The van der Waals surface area contributed by atoms with Gasteiger partial charge in [0, 0.05) is 47.3 Å². The van der Waals surface area contributed by atoms with Gasteiger partial charge >= 0.3 is 5.97 Å². The first-order valence-corrected chi connectivity index (χ1v) is 23.4. The van der Waals surface area contributed by atoms with Crippen molar-refractivity contribution in [3.63, 3.8) is 0 Å². The molecular formula is C50H69NO8. The molecule has 6 fully saturated rings. The Morgan fingerprint density at radius 3 is 2.59 bits per heavy atom. The van der Waals surface area contributed by atoms with Gasteiger partial charge in [0.1, 0.15) is 18.0 Å². The van der Waals surface area contributed by atoms with Gasteiger partial charge in [0.2, 0.25) is 0 Å². The van der Waals surface area contributed by atoms with Gasteiger partial charge in [-0.25, -0.2) is 4.79 Å². The van der Waals surface area contributed by atoms with E-state index in [2.05, 4.69) is 37.9 Å². The van der Waals surface area contributed by atoms with E-state index in [0.29, 0.717) is 70.1 Å². The molecule has 1 heterocycles. The first-order valence-electron chi connectivity index (χ1n) is 23.4. The molecule has 1 aliphatic heterocycles. The van der Waals surface area contributed by atoms with Gasteiger partial charge in [-0.2, -0.15) is 0 Å². The lowest BCUT2D eigenvalue weighted by Gasteiger charge is -2.72. The predicted molar refractivity (Wildman–Crippen MR) is 223 cm³/mol. The van der Waals surface area contributed by atoms with Gasteiger partial charge in [-0.15, -0.1) is 0 Å². The van der Waals surface area contributed by atoms with Gasteiger partial charge in [-0.1, -0.05) is 64.0 Å². The fourth-order valence-corrected chi connectivity index (χ4v) is 16.3. The molecule has 0 aromatic heterocycles. The molecule has 9 heteroatoms. The van der Waals surface area contributed by atoms with Gasteiger partial charge in [-0.05, 0) is 142 Å². The number of benzene rings is 1. The Kier molecular flexibility index (Phi) is 10.7. The maximum atomic E-state index is 14.4. The van der Waals surface area contributed by atoms with Gasteiger partial charge in [0.15, 0.2) is 0 Å². The first-order chi connectivity index (χ1) is 28.3. The average Bonchev–Trinajstić information content (AvgIpc) is 3.67. The monoisotopic (exact) mass is 812 g/mol. The highest BCUT2D eigenvalue weighted by molar-refractivity contribution is 5.86. The van der Waals surface area contributed by atoms with Gasteiger partial charge in [-0.3, -0.25) is 0 Å². The quantitative estimate of drug-likeness (QED) is 0.0829. The molecule has 1 aromatic rings. The summed E-state index contributed by atoms with van der Waals surface area (Å²) < 4.78 is 6.26. The second-order valence-corrected chi connectivity index (χ2v) is 21.1. The summed E-state index contributed by atoms with van der Waals surface area (Å²) in [7, 11) is 1.93. The SMILES string of the molecule is CCCCCC1CC2(C=O)C3CCC45CCC#Cc6cccc(CO)c6CC(NC)C6CC(CC4(O)C3(O)CC3CC(C(C)C)CCC(C1O)C32O)C5C1=CC(=O)OC16. The normalized spacial score (nSPS) is 47.0. The van der Waals surface area contributed by atoms with Crippen LogP contribution in [0.5, 0.6) is 0 Å².